The van der Waals surface area contributed by atoms with Crippen LogP contribution >= 0.6 is 0 Å². The third-order valence-corrected chi connectivity index (χ3v) is 13.8. The Morgan fingerprint density at radius 3 is 0.790 bits per heavy atom. The number of unbranched alkanes of at least 4 members (excludes halogenated alkanes) is 24. The maximum atomic E-state index is 12.9. The van der Waals surface area contributed by atoms with Gasteiger partial charge in [0.25, 0.3) is 0 Å². The van der Waals surface area contributed by atoms with Crippen molar-refractivity contribution in [2.45, 2.75) is 297 Å². The van der Waals surface area contributed by atoms with Gasteiger partial charge in [0.1, 0.15) is 13.2 Å². The van der Waals surface area contributed by atoms with Crippen molar-refractivity contribution in [1.29, 1.82) is 0 Å². The smallest absolute Gasteiger partial charge is 0.306 e. The van der Waals surface area contributed by atoms with Crippen molar-refractivity contribution in [2.24, 2.45) is 0 Å². The van der Waals surface area contributed by atoms with Gasteiger partial charge < -0.3 is 14.2 Å². The SMILES string of the molecule is CC/C=C\C/C=C\C/C=C\C/C=C\C/C=C\C/C=C\C/C=C\C/C=C\C/C=C\C/C=C\CCCCC(=O)OCC(COC(=O)CCCCCCC/C=C\CCCCCCC)OC(=O)CCCCCCC/C=C\CCCCCCCCC. The van der Waals surface area contributed by atoms with E-state index in [4.69, 9.17) is 14.2 Å². The van der Waals surface area contributed by atoms with Crippen molar-refractivity contribution < 1.29 is 28.6 Å². The molecule has 0 aliphatic carbocycles. The Bertz CT molecular complexity index is 1760. The maximum Gasteiger partial charge on any atom is 0.306 e. The van der Waals surface area contributed by atoms with Crippen LogP contribution in [0.5, 0.6) is 0 Å². The van der Waals surface area contributed by atoms with Crippen LogP contribution in [-0.2, 0) is 28.6 Å². The minimum Gasteiger partial charge on any atom is -0.462 e. The van der Waals surface area contributed by atoms with Gasteiger partial charge in [-0.1, -0.05) is 269 Å². The van der Waals surface area contributed by atoms with Gasteiger partial charge in [-0.3, -0.25) is 14.4 Å². The highest BCUT2D eigenvalue weighted by Crippen LogP contribution is 2.14. The highest BCUT2D eigenvalue weighted by molar-refractivity contribution is 5.71. The molecule has 0 spiro atoms. The molecule has 0 aromatic rings. The number of allylic oxidation sites excluding steroid dienone is 24. The monoisotopic (exact) mass is 1120 g/mol. The van der Waals surface area contributed by atoms with Crippen molar-refractivity contribution in [3.05, 3.63) is 146 Å². The summed E-state index contributed by atoms with van der Waals surface area (Å²) in [5.74, 6) is -0.963. The molecule has 6 nitrogen and oxygen atoms in total. The number of carbonyl (C=O) groups excluding carboxylic acids is 3. The summed E-state index contributed by atoms with van der Waals surface area (Å²) in [7, 11) is 0. The molecule has 0 saturated carbocycles. The van der Waals surface area contributed by atoms with Crippen LogP contribution in [0.1, 0.15) is 290 Å². The van der Waals surface area contributed by atoms with Crippen molar-refractivity contribution in [1.82, 2.24) is 0 Å². The number of hydrogen-bond acceptors (Lipinski definition) is 6. The number of ether oxygens (including phenoxy) is 3. The van der Waals surface area contributed by atoms with Gasteiger partial charge in [0.15, 0.2) is 6.10 Å². The fraction of sp³-hybridized carbons (Fsp3) is 0.640. The first-order valence-corrected chi connectivity index (χ1v) is 33.3. The van der Waals surface area contributed by atoms with E-state index in [0.29, 0.717) is 25.7 Å². The minimum atomic E-state index is -0.810. The molecular formula is C75H122O6. The van der Waals surface area contributed by atoms with Crippen molar-refractivity contribution in [3.8, 4) is 0 Å². The van der Waals surface area contributed by atoms with Gasteiger partial charge in [-0.15, -0.1) is 0 Å². The number of rotatable bonds is 59. The Morgan fingerprint density at radius 1 is 0.259 bits per heavy atom. The zero-order valence-corrected chi connectivity index (χ0v) is 52.5. The highest BCUT2D eigenvalue weighted by Gasteiger charge is 2.19. The van der Waals surface area contributed by atoms with Crippen LogP contribution < -0.4 is 0 Å². The predicted octanol–water partition coefficient (Wildman–Crippen LogP) is 23.1. The molecule has 0 N–H and O–H groups in total. The van der Waals surface area contributed by atoms with Crippen LogP contribution in [0.4, 0.5) is 0 Å². The van der Waals surface area contributed by atoms with E-state index in [1.54, 1.807) is 0 Å². The molecule has 0 amide bonds. The summed E-state index contributed by atoms with van der Waals surface area (Å²) in [6.45, 7) is 6.47. The Labute approximate surface area is 499 Å². The van der Waals surface area contributed by atoms with Crippen molar-refractivity contribution in [3.63, 3.8) is 0 Å². The molecule has 0 aromatic carbocycles. The molecule has 0 aliphatic heterocycles. The molecular weight excluding hydrogens is 997 g/mol. The van der Waals surface area contributed by atoms with E-state index in [1.165, 1.54) is 103 Å². The number of carbonyl (C=O) groups is 3. The Hall–Kier alpha value is -4.71. The summed E-state index contributed by atoms with van der Waals surface area (Å²) < 4.78 is 16.9. The molecule has 0 aromatic heterocycles. The van der Waals surface area contributed by atoms with Gasteiger partial charge in [0.05, 0.1) is 0 Å². The molecule has 0 rings (SSSR count). The summed E-state index contributed by atoms with van der Waals surface area (Å²) >= 11 is 0. The normalized spacial score (nSPS) is 13.1. The molecule has 0 radical (unpaired) electrons. The highest BCUT2D eigenvalue weighted by atomic mass is 16.6. The zero-order valence-electron chi connectivity index (χ0n) is 52.5. The first-order chi connectivity index (χ1) is 40.0. The van der Waals surface area contributed by atoms with Crippen LogP contribution in [-0.4, -0.2) is 37.2 Å². The molecule has 81 heavy (non-hydrogen) atoms. The third-order valence-electron chi connectivity index (χ3n) is 13.8. The molecule has 458 valence electrons. The summed E-state index contributed by atoms with van der Waals surface area (Å²) in [6, 6.07) is 0. The first-order valence-electron chi connectivity index (χ1n) is 33.3. The fourth-order valence-electron chi connectivity index (χ4n) is 8.81. The standard InChI is InChI=1S/C75H122O6/c1-4-7-10-13-16-19-22-25-28-30-31-32-33-34-35-36-37-38-39-40-41-42-43-44-45-46-48-50-53-56-59-62-65-68-74(77)80-71-72(70-79-73(76)67-64-61-58-55-52-49-27-24-21-18-15-12-9-6-3)81-75(78)69-66-63-60-57-54-51-47-29-26-23-20-17-14-11-8-5-2/h7,10,16,19,24-25,27-29,31-32,34-35,37-38,40-41,43-44,46-48,53,56,72H,4-6,8-9,11-15,17-18,20-23,26,30,33,36,39,42,45,49-52,54-55,57-71H2,1-3H3/b10-7-,19-16-,27-24-,28-25-,32-31-,35-34-,38-37-,41-40-,44-43-,47-29-,48-46-,56-53-. The molecule has 6 heteroatoms. The van der Waals surface area contributed by atoms with Crippen molar-refractivity contribution >= 4 is 17.9 Å². The zero-order chi connectivity index (χ0) is 58.5. The Kier molecular flexibility index (Phi) is 63.9. The van der Waals surface area contributed by atoms with Gasteiger partial charge in [0, 0.05) is 19.3 Å². The van der Waals surface area contributed by atoms with E-state index in [-0.39, 0.29) is 31.1 Å². The van der Waals surface area contributed by atoms with Gasteiger partial charge in [0.2, 0.25) is 0 Å². The first kappa shape index (κ1) is 76.3. The average molecular weight is 1120 g/mol. The van der Waals surface area contributed by atoms with Crippen LogP contribution in [0.3, 0.4) is 0 Å². The fourth-order valence-corrected chi connectivity index (χ4v) is 8.81. The summed E-state index contributed by atoms with van der Waals surface area (Å²) in [6.07, 6.45) is 97.2. The topological polar surface area (TPSA) is 78.9 Å². The second kappa shape index (κ2) is 67.8. The van der Waals surface area contributed by atoms with E-state index < -0.39 is 6.10 Å². The van der Waals surface area contributed by atoms with E-state index in [9.17, 15) is 14.4 Å². The average Bonchev–Trinajstić information content (AvgIpc) is 3.47. The lowest BCUT2D eigenvalue weighted by molar-refractivity contribution is -0.167. The molecule has 0 aliphatic rings. The van der Waals surface area contributed by atoms with Gasteiger partial charge in [-0.05, 0) is 148 Å². The second-order valence-corrected chi connectivity index (χ2v) is 21.6. The quantitative estimate of drug-likeness (QED) is 0.0261. The van der Waals surface area contributed by atoms with Gasteiger partial charge in [-0.25, -0.2) is 0 Å². The Morgan fingerprint density at radius 2 is 0.481 bits per heavy atom. The number of esters is 3. The molecule has 0 heterocycles. The van der Waals surface area contributed by atoms with Gasteiger partial charge in [-0.2, -0.15) is 0 Å². The summed E-state index contributed by atoms with van der Waals surface area (Å²) in [4.78, 5) is 38.3. The minimum absolute atomic E-state index is 0.103. The number of hydrogen-bond donors (Lipinski definition) is 0. The lowest BCUT2D eigenvalue weighted by atomic mass is 10.1. The molecule has 0 saturated heterocycles. The Balaban J connectivity index is 4.41. The van der Waals surface area contributed by atoms with Gasteiger partial charge >= 0.3 is 17.9 Å². The van der Waals surface area contributed by atoms with E-state index >= 15 is 0 Å². The van der Waals surface area contributed by atoms with E-state index in [1.807, 2.05) is 0 Å². The molecule has 1 atom stereocenters. The maximum absolute atomic E-state index is 12.9. The lowest BCUT2D eigenvalue weighted by Gasteiger charge is -2.18. The summed E-state index contributed by atoms with van der Waals surface area (Å²) in [5.41, 5.74) is 0. The molecule has 0 bridgehead atoms. The van der Waals surface area contributed by atoms with Crippen LogP contribution in [0, 0.1) is 0 Å². The second-order valence-electron chi connectivity index (χ2n) is 21.6. The van der Waals surface area contributed by atoms with E-state index in [2.05, 4.69) is 167 Å². The molecule has 0 fully saturated rings. The predicted molar refractivity (Wildman–Crippen MR) is 352 cm³/mol. The lowest BCUT2D eigenvalue weighted by Crippen LogP contribution is -2.30. The van der Waals surface area contributed by atoms with Crippen LogP contribution in [0.15, 0.2) is 146 Å². The van der Waals surface area contributed by atoms with E-state index in [0.717, 1.165) is 141 Å². The summed E-state index contributed by atoms with van der Waals surface area (Å²) in [5, 5.41) is 0. The van der Waals surface area contributed by atoms with Crippen LogP contribution in [0.2, 0.25) is 0 Å². The largest absolute Gasteiger partial charge is 0.462 e. The van der Waals surface area contributed by atoms with Crippen molar-refractivity contribution in [2.75, 3.05) is 13.2 Å². The van der Waals surface area contributed by atoms with Crippen LogP contribution in [0.25, 0.3) is 0 Å². The third kappa shape index (κ3) is 66.0. The molecule has 1 unspecified atom stereocenters.